The molecule has 2 unspecified atom stereocenters. The number of hydrogen-bond acceptors (Lipinski definition) is 15. The lowest BCUT2D eigenvalue weighted by Crippen LogP contribution is -2.30. The predicted molar refractivity (Wildman–Crippen MR) is 400 cm³/mol. The van der Waals surface area contributed by atoms with E-state index in [2.05, 4.69) is 88.5 Å². The summed E-state index contributed by atoms with van der Waals surface area (Å²) in [6.45, 7) is 4.84. The third kappa shape index (κ3) is 71.2. The Hall–Kier alpha value is -3.24. The fourth-order valence-corrected chi connectivity index (χ4v) is 12.4. The summed E-state index contributed by atoms with van der Waals surface area (Å²) in [6, 6.07) is 0. The lowest BCUT2D eigenvalue weighted by molar-refractivity contribution is -0.161. The number of rotatable bonds is 75. The van der Waals surface area contributed by atoms with Crippen molar-refractivity contribution in [3.05, 3.63) is 60.8 Å². The van der Waals surface area contributed by atoms with Gasteiger partial charge in [-0.25, -0.2) is 9.13 Å². The quantitative estimate of drug-likeness (QED) is 0.0169. The zero-order chi connectivity index (χ0) is 71.8. The summed E-state index contributed by atoms with van der Waals surface area (Å²) in [4.78, 5) is 72.9. The topological polar surface area (TPSA) is 237 Å². The van der Waals surface area contributed by atoms with E-state index in [9.17, 15) is 43.2 Å². The van der Waals surface area contributed by atoms with Gasteiger partial charge in [0.05, 0.1) is 26.4 Å². The van der Waals surface area contributed by atoms with E-state index in [0.29, 0.717) is 25.7 Å². The maximum atomic E-state index is 13.1. The number of phosphoric acid groups is 2. The molecule has 0 spiro atoms. The van der Waals surface area contributed by atoms with Gasteiger partial charge in [0.1, 0.15) is 19.3 Å². The highest BCUT2D eigenvalue weighted by Crippen LogP contribution is 2.45. The highest BCUT2D eigenvalue weighted by Gasteiger charge is 2.30. The third-order valence-electron chi connectivity index (χ3n) is 17.0. The van der Waals surface area contributed by atoms with Crippen LogP contribution in [0.25, 0.3) is 0 Å². The summed E-state index contributed by atoms with van der Waals surface area (Å²) in [6.07, 6.45) is 70.5. The Morgan fingerprint density at radius 3 is 0.796 bits per heavy atom. The monoisotopic (exact) mass is 1430 g/mol. The van der Waals surface area contributed by atoms with Crippen molar-refractivity contribution in [1.29, 1.82) is 0 Å². The van der Waals surface area contributed by atoms with Crippen LogP contribution >= 0.6 is 15.6 Å². The Morgan fingerprint density at radius 1 is 0.286 bits per heavy atom. The molecule has 0 fully saturated rings. The minimum absolute atomic E-state index is 0.0793. The summed E-state index contributed by atoms with van der Waals surface area (Å²) >= 11 is 0. The molecule has 0 saturated carbocycles. The smallest absolute Gasteiger partial charge is 0.462 e. The van der Waals surface area contributed by atoms with E-state index in [1.54, 1.807) is 0 Å². The van der Waals surface area contributed by atoms with Crippen molar-refractivity contribution in [2.45, 2.75) is 380 Å². The first kappa shape index (κ1) is 94.8. The number of carbonyl (C=O) groups is 4. The Kier molecular flexibility index (Phi) is 69.7. The van der Waals surface area contributed by atoms with Gasteiger partial charge in [0.2, 0.25) is 0 Å². The molecule has 0 aromatic heterocycles. The molecule has 0 amide bonds. The van der Waals surface area contributed by atoms with Crippen LogP contribution in [0.3, 0.4) is 0 Å². The lowest BCUT2D eigenvalue weighted by Gasteiger charge is -2.21. The van der Waals surface area contributed by atoms with Gasteiger partial charge in [-0.15, -0.1) is 0 Å². The molecule has 0 radical (unpaired) electrons. The predicted octanol–water partition coefficient (Wildman–Crippen LogP) is 22.7. The van der Waals surface area contributed by atoms with Gasteiger partial charge >= 0.3 is 39.5 Å². The van der Waals surface area contributed by atoms with E-state index in [4.69, 9.17) is 37.0 Å². The third-order valence-corrected chi connectivity index (χ3v) is 18.9. The van der Waals surface area contributed by atoms with Crippen molar-refractivity contribution in [3.8, 4) is 0 Å². The lowest BCUT2D eigenvalue weighted by atomic mass is 10.0. The molecule has 3 N–H and O–H groups in total. The van der Waals surface area contributed by atoms with Crippen LogP contribution in [0.1, 0.15) is 362 Å². The summed E-state index contributed by atoms with van der Waals surface area (Å²) < 4.78 is 68.5. The molecular formula is C79H144O17P2. The number of phosphoric ester groups is 2. The molecule has 0 aliphatic heterocycles. The maximum Gasteiger partial charge on any atom is 0.472 e. The molecule has 5 atom stereocenters. The Morgan fingerprint density at radius 2 is 0.500 bits per heavy atom. The van der Waals surface area contributed by atoms with Crippen molar-refractivity contribution in [2.75, 3.05) is 39.6 Å². The first-order valence-electron chi connectivity index (χ1n) is 39.5. The minimum atomic E-state index is -4.98. The van der Waals surface area contributed by atoms with Crippen LogP contribution in [0.2, 0.25) is 0 Å². The van der Waals surface area contributed by atoms with Crippen LogP contribution in [-0.2, 0) is 65.4 Å². The van der Waals surface area contributed by atoms with Gasteiger partial charge in [-0.1, -0.05) is 281 Å². The fraction of sp³-hybridized carbons (Fsp3) is 0.823. The number of carbonyl (C=O) groups excluding carboxylic acids is 4. The first-order chi connectivity index (χ1) is 47.7. The summed E-state index contributed by atoms with van der Waals surface area (Å²) in [5.74, 6) is -2.18. The zero-order valence-corrected chi connectivity index (χ0v) is 64.3. The number of aliphatic hydroxyl groups is 1. The second-order valence-corrected chi connectivity index (χ2v) is 29.6. The SMILES string of the molecule is CCCCC/C=C\C/C=C\CCCCCCCC(=O)OC[C@H](COP(=O)(O)OC[C@@H](O)COP(=O)(O)OC[C@@H](COC(=O)CCCCCCCCCCCCCCC)OC(=O)CCCCCCCCC/C=C\CCCCCC)OC(=O)CCCCCCC/C=C\C/C=C\CCCCC. The van der Waals surface area contributed by atoms with Crippen molar-refractivity contribution in [2.24, 2.45) is 0 Å². The minimum Gasteiger partial charge on any atom is -0.462 e. The Bertz CT molecular complexity index is 2100. The van der Waals surface area contributed by atoms with E-state index >= 15 is 0 Å². The second-order valence-electron chi connectivity index (χ2n) is 26.7. The molecule has 0 aromatic rings. The number of ether oxygens (including phenoxy) is 4. The molecule has 0 heterocycles. The van der Waals surface area contributed by atoms with Crippen molar-refractivity contribution in [1.82, 2.24) is 0 Å². The number of hydrogen-bond donors (Lipinski definition) is 3. The van der Waals surface area contributed by atoms with Crippen LogP contribution < -0.4 is 0 Å². The largest absolute Gasteiger partial charge is 0.472 e. The summed E-state index contributed by atoms with van der Waals surface area (Å²) in [5.41, 5.74) is 0. The average molecular weight is 1430 g/mol. The van der Waals surface area contributed by atoms with Crippen molar-refractivity contribution >= 4 is 39.5 Å². The van der Waals surface area contributed by atoms with Crippen molar-refractivity contribution in [3.63, 3.8) is 0 Å². The van der Waals surface area contributed by atoms with E-state index in [0.717, 1.165) is 161 Å². The Labute approximate surface area is 597 Å². The highest BCUT2D eigenvalue weighted by atomic mass is 31.2. The molecule has 0 rings (SSSR count). The van der Waals surface area contributed by atoms with Gasteiger partial charge < -0.3 is 33.8 Å². The molecular weight excluding hydrogens is 1280 g/mol. The number of aliphatic hydroxyl groups excluding tert-OH is 1. The molecule has 17 nitrogen and oxygen atoms in total. The first-order valence-corrected chi connectivity index (χ1v) is 42.5. The van der Waals surface area contributed by atoms with Crippen LogP contribution in [0.15, 0.2) is 60.8 Å². The van der Waals surface area contributed by atoms with Gasteiger partial charge in [0.25, 0.3) is 0 Å². The zero-order valence-electron chi connectivity index (χ0n) is 62.5. The fourth-order valence-electron chi connectivity index (χ4n) is 10.9. The van der Waals surface area contributed by atoms with Crippen molar-refractivity contribution < 1.29 is 80.2 Å². The van der Waals surface area contributed by atoms with E-state index in [1.807, 2.05) is 0 Å². The Balaban J connectivity index is 5.34. The second kappa shape index (κ2) is 72.1. The van der Waals surface area contributed by atoms with E-state index in [-0.39, 0.29) is 25.7 Å². The summed E-state index contributed by atoms with van der Waals surface area (Å²) in [5, 5.41) is 10.6. The average Bonchev–Trinajstić information content (AvgIpc) is 1.04. The molecule has 0 aliphatic carbocycles. The van der Waals surface area contributed by atoms with Gasteiger partial charge in [-0.3, -0.25) is 37.3 Å². The molecule has 572 valence electrons. The van der Waals surface area contributed by atoms with E-state index in [1.165, 1.54) is 122 Å². The van der Waals surface area contributed by atoms with E-state index < -0.39 is 97.5 Å². The molecule has 0 aromatic carbocycles. The molecule has 0 bridgehead atoms. The number of esters is 4. The van der Waals surface area contributed by atoms with Gasteiger partial charge in [-0.05, 0) is 116 Å². The van der Waals surface area contributed by atoms with Crippen LogP contribution in [0.5, 0.6) is 0 Å². The molecule has 19 heteroatoms. The standard InChI is InChI=1S/C79H144O17P2/c1-5-9-13-17-21-25-29-33-36-40-44-48-52-56-60-64-77(82)90-70-75(96-79(84)66-62-58-54-50-46-42-38-35-31-27-23-19-15-11-7-3)72-94-98(87,88)92-68-73(80)67-91-97(85,86)93-71-74(69-89-76(81)63-59-55-51-47-43-39-32-28-24-20-16-12-8-4)95-78(83)65-61-57-53-49-45-41-37-34-30-26-22-18-14-10-6-2/h21,23,25-27,30,33,35-36,38,73-75,80H,5-20,22,24,28-29,31-32,34,37,39-72H2,1-4H3,(H,85,86)(H,87,88)/b25-21-,27-23-,30-26-,36-33-,38-35-/t73-,74+,75+/m0/s1. The van der Waals surface area contributed by atoms with Crippen LogP contribution in [0, 0.1) is 0 Å². The summed E-state index contributed by atoms with van der Waals surface area (Å²) in [7, 11) is -9.94. The molecule has 98 heavy (non-hydrogen) atoms. The van der Waals surface area contributed by atoms with Crippen LogP contribution in [-0.4, -0.2) is 96.7 Å². The number of unbranched alkanes of at least 4 members (excludes halogenated alkanes) is 39. The maximum absolute atomic E-state index is 13.1. The molecule has 0 saturated heterocycles. The highest BCUT2D eigenvalue weighted by molar-refractivity contribution is 7.47. The van der Waals surface area contributed by atoms with Gasteiger partial charge in [0, 0.05) is 25.7 Å². The normalized spacial score (nSPS) is 14.2. The van der Waals surface area contributed by atoms with Crippen LogP contribution in [0.4, 0.5) is 0 Å². The van der Waals surface area contributed by atoms with Gasteiger partial charge in [-0.2, -0.15) is 0 Å². The molecule has 0 aliphatic rings. The number of allylic oxidation sites excluding steroid dienone is 10. The van der Waals surface area contributed by atoms with Gasteiger partial charge in [0.15, 0.2) is 12.2 Å².